The molecule has 2 aromatic rings. The number of rotatable bonds is 5. The molecule has 0 radical (unpaired) electrons. The van der Waals surface area contributed by atoms with Crippen molar-refractivity contribution in [3.63, 3.8) is 0 Å². The third-order valence-corrected chi connectivity index (χ3v) is 7.25. The molecule has 1 saturated heterocycles. The van der Waals surface area contributed by atoms with E-state index >= 15 is 0 Å². The summed E-state index contributed by atoms with van der Waals surface area (Å²) in [6.45, 7) is 2.09. The van der Waals surface area contributed by atoms with Gasteiger partial charge in [-0.05, 0) is 61.3 Å². The van der Waals surface area contributed by atoms with E-state index < -0.39 is 0 Å². The minimum absolute atomic E-state index is 0.180. The molecular weight excluding hydrogens is 408 g/mol. The highest BCUT2D eigenvalue weighted by atomic mass is 16.5. The minimum Gasteiger partial charge on any atom is -0.462 e. The zero-order valence-corrected chi connectivity index (χ0v) is 17.5. The molecule has 2 bridgehead atoms. The van der Waals surface area contributed by atoms with Crippen molar-refractivity contribution in [2.45, 2.75) is 13.3 Å². The molecule has 2 amide bonds. The van der Waals surface area contributed by atoms with Crippen molar-refractivity contribution in [3.8, 4) is 11.3 Å². The molecule has 6 atom stereocenters. The fraction of sp³-hybridized carbons (Fsp3) is 0.360. The number of hydrazone groups is 1. The fourth-order valence-electron chi connectivity index (χ4n) is 5.73. The molecule has 1 aromatic carbocycles. The molecular formula is C25H22N2O5. The third kappa shape index (κ3) is 2.80. The molecule has 2 saturated carbocycles. The molecule has 7 heteroatoms. The van der Waals surface area contributed by atoms with Crippen molar-refractivity contribution in [3.05, 3.63) is 59.9 Å². The van der Waals surface area contributed by atoms with Crippen LogP contribution in [-0.4, -0.2) is 35.6 Å². The van der Waals surface area contributed by atoms with Gasteiger partial charge in [0.2, 0.25) is 0 Å². The van der Waals surface area contributed by atoms with E-state index in [2.05, 4.69) is 17.3 Å². The first-order valence-corrected chi connectivity index (χ1v) is 11.0. The van der Waals surface area contributed by atoms with Crippen LogP contribution < -0.4 is 0 Å². The van der Waals surface area contributed by atoms with Gasteiger partial charge in [-0.2, -0.15) is 10.1 Å². The highest BCUT2D eigenvalue weighted by Gasteiger charge is 2.67. The number of ether oxygens (including phenoxy) is 1. The Kier molecular flexibility index (Phi) is 4.22. The number of benzene rings is 1. The predicted octanol–water partition coefficient (Wildman–Crippen LogP) is 3.51. The number of hydrogen-bond acceptors (Lipinski definition) is 6. The van der Waals surface area contributed by atoms with E-state index in [1.165, 1.54) is 6.21 Å². The Balaban J connectivity index is 1.18. The molecule has 162 valence electrons. The predicted molar refractivity (Wildman–Crippen MR) is 114 cm³/mol. The quantitative estimate of drug-likeness (QED) is 0.313. The number of furan rings is 1. The van der Waals surface area contributed by atoms with Gasteiger partial charge in [-0.15, -0.1) is 0 Å². The zero-order chi connectivity index (χ0) is 22.0. The first-order chi connectivity index (χ1) is 15.6. The number of amides is 2. The Morgan fingerprint density at radius 1 is 1.06 bits per heavy atom. The molecule has 1 aromatic heterocycles. The summed E-state index contributed by atoms with van der Waals surface area (Å²) in [6.07, 6.45) is 6.84. The van der Waals surface area contributed by atoms with E-state index in [9.17, 15) is 14.4 Å². The van der Waals surface area contributed by atoms with Crippen LogP contribution in [0, 0.1) is 35.5 Å². The number of carbonyl (C=O) groups is 3. The zero-order valence-electron chi connectivity index (χ0n) is 17.5. The van der Waals surface area contributed by atoms with Gasteiger partial charge in [-0.3, -0.25) is 9.59 Å². The summed E-state index contributed by atoms with van der Waals surface area (Å²) in [5.41, 5.74) is 1.26. The maximum Gasteiger partial charge on any atom is 0.338 e. The van der Waals surface area contributed by atoms with Crippen LogP contribution in [0.4, 0.5) is 0 Å². The van der Waals surface area contributed by atoms with Crippen LogP contribution >= 0.6 is 0 Å². The lowest BCUT2D eigenvalue weighted by Gasteiger charge is -2.37. The monoisotopic (exact) mass is 430 g/mol. The van der Waals surface area contributed by atoms with Gasteiger partial charge in [0.25, 0.3) is 11.8 Å². The molecule has 4 aliphatic carbocycles. The van der Waals surface area contributed by atoms with E-state index in [1.807, 2.05) is 0 Å². The van der Waals surface area contributed by atoms with Crippen LogP contribution in [0.2, 0.25) is 0 Å². The minimum atomic E-state index is -0.368. The van der Waals surface area contributed by atoms with Gasteiger partial charge in [0.1, 0.15) is 11.5 Å². The van der Waals surface area contributed by atoms with E-state index in [1.54, 1.807) is 43.3 Å². The molecule has 5 aliphatic rings. The molecule has 0 unspecified atom stereocenters. The summed E-state index contributed by atoms with van der Waals surface area (Å²) in [4.78, 5) is 37.7. The van der Waals surface area contributed by atoms with E-state index in [0.29, 0.717) is 35.5 Å². The average molecular weight is 430 g/mol. The van der Waals surface area contributed by atoms with Crippen LogP contribution in [0.15, 0.2) is 58.1 Å². The Hall–Kier alpha value is -3.48. The van der Waals surface area contributed by atoms with E-state index in [-0.39, 0.29) is 41.5 Å². The molecule has 32 heavy (non-hydrogen) atoms. The first kappa shape index (κ1) is 19.2. The molecule has 3 fully saturated rings. The molecule has 0 N–H and O–H groups in total. The summed E-state index contributed by atoms with van der Waals surface area (Å²) in [7, 11) is 0. The van der Waals surface area contributed by atoms with E-state index in [4.69, 9.17) is 9.15 Å². The van der Waals surface area contributed by atoms with Crippen LogP contribution in [-0.2, 0) is 14.3 Å². The SMILES string of the molecule is CCOC(=O)c1ccc(-c2ccc(C=NN3C(=O)[C@@H]4[C@H]5C=C[C@@H]([C@@H]6C[C@@H]56)[C@@H]4C3=O)o2)cc1. The lowest BCUT2D eigenvalue weighted by Crippen LogP contribution is -2.40. The summed E-state index contributed by atoms with van der Waals surface area (Å²) in [5, 5.41) is 5.25. The number of hydrogen-bond donors (Lipinski definition) is 0. The van der Waals surface area contributed by atoms with Gasteiger partial charge >= 0.3 is 5.97 Å². The van der Waals surface area contributed by atoms with Crippen molar-refractivity contribution >= 4 is 24.0 Å². The van der Waals surface area contributed by atoms with Crippen molar-refractivity contribution in [2.24, 2.45) is 40.6 Å². The number of esters is 1. The summed E-state index contributed by atoms with van der Waals surface area (Å²) >= 11 is 0. The Morgan fingerprint density at radius 2 is 1.72 bits per heavy atom. The Labute approximate surface area is 184 Å². The van der Waals surface area contributed by atoms with Crippen molar-refractivity contribution in [1.29, 1.82) is 0 Å². The van der Waals surface area contributed by atoms with Crippen LogP contribution in [0.1, 0.15) is 29.5 Å². The number of allylic oxidation sites excluding steroid dienone is 2. The molecule has 7 nitrogen and oxygen atoms in total. The maximum atomic E-state index is 13.0. The number of carbonyl (C=O) groups excluding carboxylic acids is 3. The van der Waals surface area contributed by atoms with Gasteiger partial charge in [0.05, 0.1) is 30.2 Å². The normalized spacial score (nSPS) is 31.8. The van der Waals surface area contributed by atoms with Crippen LogP contribution in [0.25, 0.3) is 11.3 Å². The Morgan fingerprint density at radius 3 is 2.34 bits per heavy atom. The summed E-state index contributed by atoms with van der Waals surface area (Å²) in [5.74, 6) is 1.25. The second-order valence-corrected chi connectivity index (χ2v) is 8.89. The Bertz CT molecular complexity index is 1140. The van der Waals surface area contributed by atoms with Gasteiger partial charge in [-0.25, -0.2) is 4.79 Å². The molecule has 0 spiro atoms. The number of imide groups is 1. The van der Waals surface area contributed by atoms with Crippen molar-refractivity contribution < 1.29 is 23.5 Å². The summed E-state index contributed by atoms with van der Waals surface area (Å²) < 4.78 is 10.8. The first-order valence-electron chi connectivity index (χ1n) is 11.0. The lowest BCUT2D eigenvalue weighted by molar-refractivity contribution is -0.140. The second-order valence-electron chi connectivity index (χ2n) is 8.89. The maximum absolute atomic E-state index is 13.0. The summed E-state index contributed by atoms with van der Waals surface area (Å²) in [6, 6.07) is 10.4. The van der Waals surface area contributed by atoms with Crippen molar-refractivity contribution in [1.82, 2.24) is 5.01 Å². The van der Waals surface area contributed by atoms with Crippen molar-refractivity contribution in [2.75, 3.05) is 6.61 Å². The highest BCUT2D eigenvalue weighted by molar-refractivity contribution is 6.06. The van der Waals surface area contributed by atoms with Gasteiger partial charge in [-0.1, -0.05) is 24.3 Å². The molecule has 7 rings (SSSR count). The fourth-order valence-corrected chi connectivity index (χ4v) is 5.73. The van der Waals surface area contributed by atoms with Gasteiger partial charge in [0.15, 0.2) is 0 Å². The van der Waals surface area contributed by atoms with Crippen LogP contribution in [0.5, 0.6) is 0 Å². The lowest BCUT2D eigenvalue weighted by atomic mass is 9.63. The van der Waals surface area contributed by atoms with Gasteiger partial charge in [0, 0.05) is 5.56 Å². The topological polar surface area (TPSA) is 89.2 Å². The largest absolute Gasteiger partial charge is 0.462 e. The number of nitrogens with zero attached hydrogens (tertiary/aromatic N) is 2. The van der Waals surface area contributed by atoms with Crippen LogP contribution in [0.3, 0.4) is 0 Å². The smallest absolute Gasteiger partial charge is 0.338 e. The second kappa shape index (κ2) is 7.02. The molecule has 1 aliphatic heterocycles. The highest BCUT2D eigenvalue weighted by Crippen LogP contribution is 2.65. The van der Waals surface area contributed by atoms with E-state index in [0.717, 1.165) is 17.0 Å². The van der Waals surface area contributed by atoms with Gasteiger partial charge < -0.3 is 9.15 Å². The standard InChI is InChI=1S/C25H22N2O5/c1-2-31-25(30)14-5-3-13(4-6-14)20-10-7-15(32-20)12-26-27-23(28)21-16-8-9-17(19-11-18(16)19)22(21)24(27)29/h3-10,12,16-19,21-22H,2,11H2,1H3/t16-,17-,18-,19-,21-,22+/m0/s1. The average Bonchev–Trinajstić information content (AvgIpc) is 3.45. The molecule has 2 heterocycles. The third-order valence-electron chi connectivity index (χ3n) is 7.25.